The number of rotatable bonds is 11. The third kappa shape index (κ3) is 8.00. The molecule has 0 aromatic heterocycles. The molecule has 7 nitrogen and oxygen atoms in total. The van der Waals surface area contributed by atoms with Gasteiger partial charge in [0.05, 0.1) is 17.0 Å². The van der Waals surface area contributed by atoms with Crippen LogP contribution in [0.15, 0.2) is 42.5 Å². The van der Waals surface area contributed by atoms with Crippen molar-refractivity contribution in [2.24, 2.45) is 0 Å². The first-order valence-electron chi connectivity index (χ1n) is 11.1. The van der Waals surface area contributed by atoms with Crippen LogP contribution in [0.25, 0.3) is 0 Å². The molecule has 0 fully saturated rings. The fraction of sp³-hybridized carbons (Fsp3) is 0.417. The van der Waals surface area contributed by atoms with Gasteiger partial charge in [-0.05, 0) is 49.6 Å². The molecule has 11 heteroatoms. The molecule has 0 saturated carbocycles. The summed E-state index contributed by atoms with van der Waals surface area (Å²) in [5.74, 6) is -0.911. The van der Waals surface area contributed by atoms with Crippen LogP contribution < -0.4 is 9.62 Å². The number of carbonyl (C=O) groups excluding carboxylic acids is 2. The fourth-order valence-electron chi connectivity index (χ4n) is 3.44. The van der Waals surface area contributed by atoms with Gasteiger partial charge >= 0.3 is 0 Å². The van der Waals surface area contributed by atoms with Crippen molar-refractivity contribution in [1.82, 2.24) is 10.2 Å². The van der Waals surface area contributed by atoms with Crippen molar-refractivity contribution in [3.63, 3.8) is 0 Å². The third-order valence-electron chi connectivity index (χ3n) is 5.54. The van der Waals surface area contributed by atoms with Crippen LogP contribution in [0.2, 0.25) is 15.1 Å². The smallest absolute Gasteiger partial charge is 0.244 e. The van der Waals surface area contributed by atoms with Gasteiger partial charge in [-0.3, -0.25) is 13.9 Å². The Morgan fingerprint density at radius 1 is 1.00 bits per heavy atom. The van der Waals surface area contributed by atoms with Crippen LogP contribution in [0, 0.1) is 0 Å². The fourth-order valence-corrected chi connectivity index (χ4v) is 4.93. The van der Waals surface area contributed by atoms with Gasteiger partial charge in [-0.25, -0.2) is 8.42 Å². The molecule has 192 valence electrons. The third-order valence-corrected chi connectivity index (χ3v) is 7.59. The maximum absolute atomic E-state index is 13.7. The van der Waals surface area contributed by atoms with E-state index >= 15 is 0 Å². The zero-order chi connectivity index (χ0) is 26.3. The number of anilines is 1. The molecule has 2 aromatic carbocycles. The zero-order valence-electron chi connectivity index (χ0n) is 20.1. The number of halogens is 3. The maximum atomic E-state index is 13.7. The molecule has 35 heavy (non-hydrogen) atoms. The molecule has 0 unspecified atom stereocenters. The molecule has 0 saturated heterocycles. The first kappa shape index (κ1) is 29.2. The van der Waals surface area contributed by atoms with E-state index in [0.717, 1.165) is 17.0 Å². The van der Waals surface area contributed by atoms with Crippen LogP contribution in [-0.2, 0) is 26.2 Å². The number of sulfonamides is 1. The summed E-state index contributed by atoms with van der Waals surface area (Å²) in [6.07, 6.45) is 2.01. The Labute approximate surface area is 222 Å². The van der Waals surface area contributed by atoms with Gasteiger partial charge in [-0.2, -0.15) is 0 Å². The largest absolute Gasteiger partial charge is 0.352 e. The molecule has 2 atom stereocenters. The number of benzene rings is 2. The molecule has 2 amide bonds. The Kier molecular flexibility index (Phi) is 10.7. The molecule has 0 aliphatic rings. The molecule has 0 aliphatic carbocycles. The molecule has 2 rings (SSSR count). The summed E-state index contributed by atoms with van der Waals surface area (Å²) in [7, 11) is -3.93. The van der Waals surface area contributed by atoms with Gasteiger partial charge in [0, 0.05) is 22.6 Å². The van der Waals surface area contributed by atoms with E-state index in [1.165, 1.54) is 23.1 Å². The standard InChI is InChI=1S/C24H30Cl3N3O4S/c1-5-16(3)28-24(32)21(6-2)29(14-17-9-7-8-10-19(17)26)23(31)15-30(35(4,33)34)22-13-18(25)11-12-20(22)27/h7-13,16,21H,5-6,14-15H2,1-4H3,(H,28,32)/t16-,21+/m1/s1. The van der Waals surface area contributed by atoms with E-state index in [2.05, 4.69) is 5.32 Å². The Bertz CT molecular complexity index is 1160. The van der Waals surface area contributed by atoms with E-state index in [-0.39, 0.29) is 34.2 Å². The summed E-state index contributed by atoms with van der Waals surface area (Å²) < 4.78 is 26.2. The number of nitrogens with zero attached hydrogens (tertiary/aromatic N) is 2. The first-order chi connectivity index (χ1) is 16.4. The highest BCUT2D eigenvalue weighted by atomic mass is 35.5. The summed E-state index contributed by atoms with van der Waals surface area (Å²) in [5, 5.41) is 3.72. The van der Waals surface area contributed by atoms with E-state index in [4.69, 9.17) is 34.8 Å². The summed E-state index contributed by atoms with van der Waals surface area (Å²) in [5.41, 5.74) is 0.703. The number of hydrogen-bond donors (Lipinski definition) is 1. The second kappa shape index (κ2) is 12.8. The Morgan fingerprint density at radius 2 is 1.66 bits per heavy atom. The minimum Gasteiger partial charge on any atom is -0.352 e. The Balaban J connectivity index is 2.50. The van der Waals surface area contributed by atoms with Crippen LogP contribution in [0.5, 0.6) is 0 Å². The molecule has 0 radical (unpaired) electrons. The Morgan fingerprint density at radius 3 is 2.23 bits per heavy atom. The van der Waals surface area contributed by atoms with Gasteiger partial charge in [-0.15, -0.1) is 0 Å². The number of amides is 2. The predicted octanol–water partition coefficient (Wildman–Crippen LogP) is 5.13. The summed E-state index contributed by atoms with van der Waals surface area (Å²) in [4.78, 5) is 28.1. The van der Waals surface area contributed by atoms with Crippen molar-refractivity contribution in [1.29, 1.82) is 0 Å². The molecular formula is C24H30Cl3N3O4S. The van der Waals surface area contributed by atoms with Crippen molar-refractivity contribution < 1.29 is 18.0 Å². The van der Waals surface area contributed by atoms with Crippen LogP contribution in [0.4, 0.5) is 5.69 Å². The van der Waals surface area contributed by atoms with E-state index in [1.54, 1.807) is 31.2 Å². The second-order valence-electron chi connectivity index (χ2n) is 8.22. The molecule has 0 aliphatic heterocycles. The van der Waals surface area contributed by atoms with Crippen LogP contribution in [-0.4, -0.2) is 50.0 Å². The van der Waals surface area contributed by atoms with E-state index in [1.807, 2.05) is 13.8 Å². The van der Waals surface area contributed by atoms with E-state index < -0.39 is 28.5 Å². The van der Waals surface area contributed by atoms with E-state index in [0.29, 0.717) is 17.0 Å². The molecule has 2 aromatic rings. The van der Waals surface area contributed by atoms with Crippen LogP contribution in [0.1, 0.15) is 39.2 Å². The molecule has 0 heterocycles. The van der Waals surface area contributed by atoms with Crippen molar-refractivity contribution in [3.8, 4) is 0 Å². The highest BCUT2D eigenvalue weighted by Crippen LogP contribution is 2.31. The maximum Gasteiger partial charge on any atom is 0.244 e. The van der Waals surface area contributed by atoms with Gasteiger partial charge in [0.25, 0.3) is 0 Å². The monoisotopic (exact) mass is 561 g/mol. The molecule has 0 bridgehead atoms. The van der Waals surface area contributed by atoms with Crippen LogP contribution in [0.3, 0.4) is 0 Å². The molecular weight excluding hydrogens is 533 g/mol. The van der Waals surface area contributed by atoms with Crippen LogP contribution >= 0.6 is 34.8 Å². The van der Waals surface area contributed by atoms with Gasteiger partial charge < -0.3 is 10.2 Å². The topological polar surface area (TPSA) is 86.8 Å². The zero-order valence-corrected chi connectivity index (χ0v) is 23.2. The SMILES string of the molecule is CC[C@@H](C)NC(=O)[C@H](CC)N(Cc1ccccc1Cl)C(=O)CN(c1cc(Cl)ccc1Cl)S(C)(=O)=O. The van der Waals surface area contributed by atoms with Gasteiger partial charge in [-0.1, -0.05) is 66.8 Å². The first-order valence-corrected chi connectivity index (χ1v) is 14.1. The van der Waals surface area contributed by atoms with Crippen molar-refractivity contribution in [2.75, 3.05) is 17.1 Å². The van der Waals surface area contributed by atoms with E-state index in [9.17, 15) is 18.0 Å². The average molecular weight is 563 g/mol. The highest BCUT2D eigenvalue weighted by Gasteiger charge is 2.33. The molecule has 1 N–H and O–H groups in total. The average Bonchev–Trinajstić information content (AvgIpc) is 2.79. The lowest BCUT2D eigenvalue weighted by atomic mass is 10.1. The number of hydrogen-bond acceptors (Lipinski definition) is 4. The van der Waals surface area contributed by atoms with Gasteiger partial charge in [0.1, 0.15) is 12.6 Å². The van der Waals surface area contributed by atoms with Crippen molar-refractivity contribution in [2.45, 2.75) is 52.2 Å². The molecule has 0 spiro atoms. The normalized spacial score (nSPS) is 13.1. The lowest BCUT2D eigenvalue weighted by Gasteiger charge is -2.33. The lowest BCUT2D eigenvalue weighted by Crippen LogP contribution is -2.53. The second-order valence-corrected chi connectivity index (χ2v) is 11.4. The summed E-state index contributed by atoms with van der Waals surface area (Å²) in [6, 6.07) is 10.4. The highest BCUT2D eigenvalue weighted by molar-refractivity contribution is 7.92. The minimum atomic E-state index is -3.93. The minimum absolute atomic E-state index is 0.0197. The Hall–Kier alpha value is -2.00. The van der Waals surface area contributed by atoms with Gasteiger partial charge in [0.2, 0.25) is 21.8 Å². The predicted molar refractivity (Wildman–Crippen MR) is 143 cm³/mol. The quantitative estimate of drug-likeness (QED) is 0.411. The number of carbonyl (C=O) groups is 2. The summed E-state index contributed by atoms with van der Waals surface area (Å²) in [6.45, 7) is 5.05. The van der Waals surface area contributed by atoms with Crippen molar-refractivity contribution >= 4 is 62.3 Å². The van der Waals surface area contributed by atoms with Gasteiger partial charge in [0.15, 0.2) is 0 Å². The summed E-state index contributed by atoms with van der Waals surface area (Å²) >= 11 is 18.7. The van der Waals surface area contributed by atoms with Crippen molar-refractivity contribution in [3.05, 3.63) is 63.1 Å². The number of nitrogens with one attached hydrogen (secondary N) is 1. The lowest BCUT2D eigenvalue weighted by molar-refractivity contribution is -0.140.